The van der Waals surface area contributed by atoms with E-state index in [0.29, 0.717) is 50.1 Å². The van der Waals surface area contributed by atoms with Crippen molar-refractivity contribution in [1.82, 2.24) is 35.6 Å². The van der Waals surface area contributed by atoms with Crippen molar-refractivity contribution in [2.45, 2.75) is 32.9 Å². The molecule has 1 fully saturated rings. The highest BCUT2D eigenvalue weighted by Crippen LogP contribution is 2.28. The highest BCUT2D eigenvalue weighted by Gasteiger charge is 2.27. The van der Waals surface area contributed by atoms with Gasteiger partial charge in [-0.3, -0.25) is 9.69 Å². The SMILES string of the molecule is CC1CCN(Cc2c(C(=O)N/N=C\c3cc(Cl)ccc3OCc3c(Cl)cccc3Cl)nnn2-c2nonc2N)CC1. The molecule has 2 aromatic heterocycles. The molecule has 4 aromatic rings. The summed E-state index contributed by atoms with van der Waals surface area (Å²) >= 11 is 18.7. The quantitative estimate of drug-likeness (QED) is 0.200. The fourth-order valence-electron chi connectivity index (χ4n) is 4.34. The highest BCUT2D eigenvalue weighted by molar-refractivity contribution is 6.36. The molecule has 0 unspecified atom stereocenters. The highest BCUT2D eigenvalue weighted by atomic mass is 35.5. The molecule has 0 aliphatic carbocycles. The van der Waals surface area contributed by atoms with Crippen LogP contribution in [0.4, 0.5) is 5.82 Å². The van der Waals surface area contributed by atoms with Crippen LogP contribution < -0.4 is 15.9 Å². The minimum absolute atomic E-state index is 0.0277. The molecule has 0 radical (unpaired) electrons. The first kappa shape index (κ1) is 28.8. The van der Waals surface area contributed by atoms with Crippen LogP contribution in [0.25, 0.3) is 5.82 Å². The number of carbonyl (C=O) groups is 1. The number of hydrogen-bond acceptors (Lipinski definition) is 10. The summed E-state index contributed by atoms with van der Waals surface area (Å²) in [7, 11) is 0. The van der Waals surface area contributed by atoms with E-state index >= 15 is 0 Å². The van der Waals surface area contributed by atoms with Gasteiger partial charge in [-0.15, -0.1) is 5.10 Å². The second-order valence-electron chi connectivity index (χ2n) is 9.60. The second-order valence-corrected chi connectivity index (χ2v) is 10.8. The fourth-order valence-corrected chi connectivity index (χ4v) is 5.03. The zero-order chi connectivity index (χ0) is 28.9. The molecule has 1 saturated heterocycles. The molecule has 0 bridgehead atoms. The zero-order valence-electron chi connectivity index (χ0n) is 21.9. The van der Waals surface area contributed by atoms with Crippen LogP contribution in [0.3, 0.4) is 0 Å². The van der Waals surface area contributed by atoms with Gasteiger partial charge in [0.1, 0.15) is 12.4 Å². The largest absolute Gasteiger partial charge is 0.488 e. The minimum Gasteiger partial charge on any atom is -0.488 e. The number of rotatable bonds is 9. The van der Waals surface area contributed by atoms with Crippen LogP contribution in [0.1, 0.15) is 47.1 Å². The Morgan fingerprint density at radius 2 is 1.95 bits per heavy atom. The summed E-state index contributed by atoms with van der Waals surface area (Å²) in [6.45, 7) is 4.48. The zero-order valence-corrected chi connectivity index (χ0v) is 24.2. The summed E-state index contributed by atoms with van der Waals surface area (Å²) in [6.07, 6.45) is 3.52. The molecule has 0 saturated carbocycles. The lowest BCUT2D eigenvalue weighted by Crippen LogP contribution is -2.34. The monoisotopic (exact) mass is 617 g/mol. The Morgan fingerprint density at radius 1 is 1.20 bits per heavy atom. The van der Waals surface area contributed by atoms with Gasteiger partial charge >= 0.3 is 0 Å². The Balaban J connectivity index is 1.34. The van der Waals surface area contributed by atoms with Gasteiger partial charge in [0.15, 0.2) is 5.69 Å². The van der Waals surface area contributed by atoms with E-state index in [9.17, 15) is 4.79 Å². The van der Waals surface area contributed by atoms with E-state index in [1.165, 1.54) is 10.9 Å². The summed E-state index contributed by atoms with van der Waals surface area (Å²) in [6, 6.07) is 10.2. The van der Waals surface area contributed by atoms with Crippen molar-refractivity contribution in [2.24, 2.45) is 11.0 Å². The topological polar surface area (TPSA) is 150 Å². The van der Waals surface area contributed by atoms with Crippen molar-refractivity contribution in [1.29, 1.82) is 0 Å². The molecule has 1 amide bonds. The third-order valence-corrected chi connectivity index (χ3v) is 7.64. The number of nitrogens with zero attached hydrogens (tertiary/aromatic N) is 7. The van der Waals surface area contributed by atoms with Gasteiger partial charge in [0.05, 0.1) is 11.9 Å². The van der Waals surface area contributed by atoms with Gasteiger partial charge in [0.25, 0.3) is 5.91 Å². The first-order chi connectivity index (χ1) is 19.8. The third-order valence-electron chi connectivity index (χ3n) is 6.70. The molecule has 0 atom stereocenters. The molecule has 3 N–H and O–H groups in total. The number of amides is 1. The molecule has 2 aromatic carbocycles. The lowest BCUT2D eigenvalue weighted by Gasteiger charge is -2.30. The number of nitrogens with two attached hydrogens (primary N) is 1. The number of aromatic nitrogens is 5. The summed E-state index contributed by atoms with van der Waals surface area (Å²) < 4.78 is 12.1. The van der Waals surface area contributed by atoms with Gasteiger partial charge in [0.2, 0.25) is 11.6 Å². The lowest BCUT2D eigenvalue weighted by atomic mass is 9.99. The number of benzene rings is 2. The molecule has 41 heavy (non-hydrogen) atoms. The Morgan fingerprint density at radius 3 is 2.66 bits per heavy atom. The normalized spacial score (nSPS) is 14.5. The Bertz CT molecular complexity index is 1540. The number of hydrogen-bond donors (Lipinski definition) is 2. The van der Waals surface area contributed by atoms with Crippen LogP contribution in [0, 0.1) is 5.92 Å². The molecule has 0 spiro atoms. The van der Waals surface area contributed by atoms with Crippen molar-refractivity contribution in [3.8, 4) is 11.6 Å². The molecule has 15 heteroatoms. The van der Waals surface area contributed by atoms with Gasteiger partial charge in [-0.25, -0.2) is 10.1 Å². The number of nitrogens with one attached hydrogen (secondary N) is 1. The third kappa shape index (κ3) is 6.79. The van der Waals surface area contributed by atoms with E-state index in [1.54, 1.807) is 36.4 Å². The smallest absolute Gasteiger partial charge is 0.293 e. The average molecular weight is 619 g/mol. The first-order valence-corrected chi connectivity index (χ1v) is 13.9. The van der Waals surface area contributed by atoms with E-state index in [2.05, 4.69) is 43.0 Å². The average Bonchev–Trinajstić information content (AvgIpc) is 3.56. The van der Waals surface area contributed by atoms with E-state index in [4.69, 9.17) is 49.9 Å². The second kappa shape index (κ2) is 12.9. The Labute approximate surface area is 250 Å². The molecular formula is C26H26Cl3N9O3. The van der Waals surface area contributed by atoms with Crippen molar-refractivity contribution in [3.05, 3.63) is 74.0 Å². The summed E-state index contributed by atoms with van der Waals surface area (Å²) in [5, 5.41) is 21.2. The van der Waals surface area contributed by atoms with Crippen molar-refractivity contribution in [2.75, 3.05) is 18.8 Å². The van der Waals surface area contributed by atoms with Gasteiger partial charge in [-0.05, 0) is 72.5 Å². The standard InChI is InChI=1S/C26H26Cl3N9O3/c1-15-7-9-37(10-8-15)13-21-23(32-36-38(21)25-24(30)34-41-35-25)26(39)33-31-12-16-11-17(27)5-6-22(16)40-14-18-19(28)3-2-4-20(18)29/h2-6,11-12,15H,7-10,13-14H2,1H3,(H2,30,34)(H,33,39)/b31-12-. The first-order valence-electron chi connectivity index (χ1n) is 12.7. The van der Waals surface area contributed by atoms with E-state index in [1.807, 2.05) is 0 Å². The van der Waals surface area contributed by atoms with Gasteiger partial charge in [0, 0.05) is 32.7 Å². The van der Waals surface area contributed by atoms with Crippen molar-refractivity contribution in [3.63, 3.8) is 0 Å². The maximum Gasteiger partial charge on any atom is 0.293 e. The number of likely N-dealkylation sites (tertiary alicyclic amines) is 1. The minimum atomic E-state index is -0.574. The fraction of sp³-hybridized carbons (Fsp3) is 0.308. The molecule has 1 aliphatic rings. The number of hydrazone groups is 1. The van der Waals surface area contributed by atoms with Crippen molar-refractivity contribution >= 4 is 52.7 Å². The van der Waals surface area contributed by atoms with Gasteiger partial charge in [-0.1, -0.05) is 53.0 Å². The number of nitrogen functional groups attached to an aromatic ring is 1. The number of carbonyl (C=O) groups excluding carboxylic acids is 1. The lowest BCUT2D eigenvalue weighted by molar-refractivity contribution is 0.0946. The Kier molecular flexibility index (Phi) is 9.03. The molecule has 1 aliphatic heterocycles. The predicted molar refractivity (Wildman–Crippen MR) is 155 cm³/mol. The van der Waals surface area contributed by atoms with Crippen LogP contribution in [-0.4, -0.2) is 55.4 Å². The number of ether oxygens (including phenoxy) is 1. The maximum absolute atomic E-state index is 13.2. The molecule has 3 heterocycles. The number of halogens is 3. The van der Waals surface area contributed by atoms with Gasteiger partial charge in [-0.2, -0.15) is 9.78 Å². The molecule has 5 rings (SSSR count). The van der Waals surface area contributed by atoms with E-state index in [-0.39, 0.29) is 23.9 Å². The van der Waals surface area contributed by atoms with Crippen LogP contribution in [0.15, 0.2) is 46.1 Å². The van der Waals surface area contributed by atoms with Gasteiger partial charge < -0.3 is 10.5 Å². The summed E-state index contributed by atoms with van der Waals surface area (Å²) in [5.41, 5.74) is 10.1. The molecular weight excluding hydrogens is 593 g/mol. The predicted octanol–water partition coefficient (Wildman–Crippen LogP) is 4.77. The van der Waals surface area contributed by atoms with Crippen LogP contribution in [0.5, 0.6) is 5.75 Å². The van der Waals surface area contributed by atoms with Crippen LogP contribution in [0.2, 0.25) is 15.1 Å². The van der Waals surface area contributed by atoms with E-state index in [0.717, 1.165) is 25.9 Å². The maximum atomic E-state index is 13.2. The molecule has 12 nitrogen and oxygen atoms in total. The van der Waals surface area contributed by atoms with Crippen molar-refractivity contribution < 1.29 is 14.2 Å². The summed E-state index contributed by atoms with van der Waals surface area (Å²) in [4.78, 5) is 15.4. The molecule has 214 valence electrons. The number of piperidine rings is 1. The van der Waals surface area contributed by atoms with Crippen LogP contribution >= 0.6 is 34.8 Å². The Hall–Kier alpha value is -3.71. The number of anilines is 1. The van der Waals surface area contributed by atoms with E-state index < -0.39 is 5.91 Å². The summed E-state index contributed by atoms with van der Waals surface area (Å²) in [5.74, 6) is 0.710. The van der Waals surface area contributed by atoms with Crippen LogP contribution in [-0.2, 0) is 13.2 Å².